The Bertz CT molecular complexity index is 481. The maximum absolute atomic E-state index is 10.5. The van der Waals surface area contributed by atoms with Crippen LogP contribution in [0, 0.1) is 0 Å². The average Bonchev–Trinajstić information content (AvgIpc) is 2.46. The van der Waals surface area contributed by atoms with Gasteiger partial charge in [0, 0.05) is 10.4 Å². The number of thiophene rings is 1. The Labute approximate surface area is 127 Å². The van der Waals surface area contributed by atoms with Crippen LogP contribution >= 0.6 is 11.3 Å². The van der Waals surface area contributed by atoms with Gasteiger partial charge in [0.05, 0.1) is 10.8 Å². The van der Waals surface area contributed by atoms with Gasteiger partial charge in [0.1, 0.15) is 0 Å². The molecule has 5 heteroatoms. The molecule has 1 aromatic carbocycles. The second-order valence-corrected chi connectivity index (χ2v) is 3.78. The second kappa shape index (κ2) is 4.74. The van der Waals surface area contributed by atoms with Crippen molar-refractivity contribution < 1.29 is 61.3 Å². The van der Waals surface area contributed by atoms with Crippen LogP contribution in [-0.4, -0.2) is 5.97 Å². The molecular formula is C9H6KNO2S. The van der Waals surface area contributed by atoms with E-state index in [9.17, 15) is 9.90 Å². The summed E-state index contributed by atoms with van der Waals surface area (Å²) in [5, 5.41) is 11.4. The van der Waals surface area contributed by atoms with Crippen LogP contribution in [-0.2, 0) is 0 Å². The molecule has 0 bridgehead atoms. The standard InChI is InChI=1S/C9H7NO2S.K/c10-6-1-2-7-5(3-6)4-8(13-7)9(11)12;/h1-4H,10H2,(H,11,12);/q;+1/p-1. The first kappa shape index (κ1) is 12.2. The Balaban J connectivity index is 0.000000980. The predicted octanol–water partition coefficient (Wildman–Crippen LogP) is -2.15. The van der Waals surface area contributed by atoms with E-state index >= 15 is 0 Å². The molecule has 0 aliphatic carbocycles. The SMILES string of the molecule is Nc1ccc2sc(C(=O)[O-])cc2c1.[K+]. The minimum absolute atomic E-state index is 0. The summed E-state index contributed by atoms with van der Waals surface area (Å²) in [5.41, 5.74) is 6.19. The van der Waals surface area contributed by atoms with Crippen molar-refractivity contribution in [3.8, 4) is 0 Å². The van der Waals surface area contributed by atoms with Gasteiger partial charge in [-0.05, 0) is 29.7 Å². The van der Waals surface area contributed by atoms with Crippen LogP contribution < -0.4 is 62.2 Å². The molecule has 1 heterocycles. The first-order valence-electron chi connectivity index (χ1n) is 3.67. The zero-order valence-corrected chi connectivity index (χ0v) is 11.6. The second-order valence-electron chi connectivity index (χ2n) is 2.70. The van der Waals surface area contributed by atoms with Gasteiger partial charge in [-0.1, -0.05) is 0 Å². The maximum Gasteiger partial charge on any atom is 1.00 e. The van der Waals surface area contributed by atoms with E-state index in [1.807, 2.05) is 6.07 Å². The molecule has 0 amide bonds. The molecule has 2 N–H and O–H groups in total. The molecule has 0 saturated carbocycles. The third-order valence-corrected chi connectivity index (χ3v) is 2.84. The van der Waals surface area contributed by atoms with E-state index in [1.165, 1.54) is 11.3 Å². The summed E-state index contributed by atoms with van der Waals surface area (Å²) in [6.07, 6.45) is 0. The number of benzene rings is 1. The van der Waals surface area contributed by atoms with Crippen molar-refractivity contribution in [2.45, 2.75) is 0 Å². The number of carboxylic acids is 1. The number of rotatable bonds is 1. The van der Waals surface area contributed by atoms with Gasteiger partial charge in [0.15, 0.2) is 0 Å². The van der Waals surface area contributed by atoms with Crippen molar-refractivity contribution >= 4 is 33.1 Å². The fourth-order valence-corrected chi connectivity index (χ4v) is 2.04. The van der Waals surface area contributed by atoms with Crippen LogP contribution in [0.1, 0.15) is 9.67 Å². The van der Waals surface area contributed by atoms with Gasteiger partial charge in [-0.2, -0.15) is 0 Å². The molecule has 2 aromatic rings. The molecule has 0 spiro atoms. The van der Waals surface area contributed by atoms with E-state index in [0.717, 1.165) is 10.1 Å². The van der Waals surface area contributed by atoms with Crippen LogP contribution in [0.3, 0.4) is 0 Å². The summed E-state index contributed by atoms with van der Waals surface area (Å²) in [6.45, 7) is 0. The minimum atomic E-state index is -1.14. The molecule has 0 unspecified atom stereocenters. The summed E-state index contributed by atoms with van der Waals surface area (Å²) >= 11 is 1.20. The Morgan fingerprint density at radius 2 is 2.07 bits per heavy atom. The Kier molecular flexibility index (Phi) is 4.11. The largest absolute Gasteiger partial charge is 1.00 e. The molecule has 1 aromatic heterocycles. The summed E-state index contributed by atoms with van der Waals surface area (Å²) in [7, 11) is 0. The smallest absolute Gasteiger partial charge is 0.544 e. The van der Waals surface area contributed by atoms with Gasteiger partial charge >= 0.3 is 51.4 Å². The van der Waals surface area contributed by atoms with Gasteiger partial charge in [0.25, 0.3) is 0 Å². The topological polar surface area (TPSA) is 66.2 Å². The number of hydrogen-bond donors (Lipinski definition) is 1. The van der Waals surface area contributed by atoms with Crippen molar-refractivity contribution in [2.75, 3.05) is 5.73 Å². The fourth-order valence-electron chi connectivity index (χ4n) is 1.16. The van der Waals surface area contributed by atoms with Crippen LogP contribution in [0.5, 0.6) is 0 Å². The van der Waals surface area contributed by atoms with Gasteiger partial charge in [-0.3, -0.25) is 0 Å². The van der Waals surface area contributed by atoms with Crippen LogP contribution in [0.25, 0.3) is 10.1 Å². The Morgan fingerprint density at radius 3 is 2.71 bits per heavy atom. The molecule has 0 atom stereocenters. The summed E-state index contributed by atoms with van der Waals surface area (Å²) in [6, 6.07) is 6.88. The summed E-state index contributed by atoms with van der Waals surface area (Å²) < 4.78 is 0.911. The molecule has 0 saturated heterocycles. The molecule has 2 rings (SSSR count). The molecule has 3 nitrogen and oxygen atoms in total. The van der Waals surface area contributed by atoms with E-state index in [2.05, 4.69) is 0 Å². The fraction of sp³-hybridized carbons (Fsp3) is 0. The molecule has 0 aliphatic heterocycles. The van der Waals surface area contributed by atoms with Crippen LogP contribution in [0.15, 0.2) is 24.3 Å². The zero-order chi connectivity index (χ0) is 9.42. The molecule has 66 valence electrons. The normalized spacial score (nSPS) is 9.71. The quantitative estimate of drug-likeness (QED) is 0.449. The van der Waals surface area contributed by atoms with E-state index in [1.54, 1.807) is 18.2 Å². The average molecular weight is 231 g/mol. The third-order valence-electron chi connectivity index (χ3n) is 1.74. The minimum Gasteiger partial charge on any atom is -0.544 e. The number of anilines is 1. The number of carbonyl (C=O) groups excluding carboxylic acids is 1. The molecular weight excluding hydrogens is 225 g/mol. The van der Waals surface area contributed by atoms with Crippen LogP contribution in [0.2, 0.25) is 0 Å². The molecule has 0 radical (unpaired) electrons. The number of aromatic carboxylic acids is 1. The zero-order valence-electron chi connectivity index (χ0n) is 7.61. The van der Waals surface area contributed by atoms with E-state index in [4.69, 9.17) is 5.73 Å². The number of carbonyl (C=O) groups is 1. The van der Waals surface area contributed by atoms with Crippen molar-refractivity contribution in [1.29, 1.82) is 0 Å². The first-order chi connectivity index (χ1) is 6.16. The maximum atomic E-state index is 10.5. The Hall–Kier alpha value is 0.0864. The number of nitrogens with two attached hydrogens (primary N) is 1. The number of fused-ring (bicyclic) bond motifs is 1. The molecule has 0 fully saturated rings. The van der Waals surface area contributed by atoms with Crippen molar-refractivity contribution in [3.05, 3.63) is 29.1 Å². The van der Waals surface area contributed by atoms with Crippen molar-refractivity contribution in [1.82, 2.24) is 0 Å². The molecule has 14 heavy (non-hydrogen) atoms. The number of hydrogen-bond acceptors (Lipinski definition) is 4. The van der Waals surface area contributed by atoms with Crippen LogP contribution in [0.4, 0.5) is 5.69 Å². The van der Waals surface area contributed by atoms with Gasteiger partial charge in [-0.25, -0.2) is 0 Å². The summed E-state index contributed by atoms with van der Waals surface area (Å²) in [4.78, 5) is 10.8. The van der Waals surface area contributed by atoms with E-state index in [0.29, 0.717) is 5.69 Å². The van der Waals surface area contributed by atoms with Crippen molar-refractivity contribution in [2.24, 2.45) is 0 Å². The molecule has 0 aliphatic rings. The van der Waals surface area contributed by atoms with Gasteiger partial charge < -0.3 is 15.6 Å². The Morgan fingerprint density at radius 1 is 1.36 bits per heavy atom. The monoisotopic (exact) mass is 231 g/mol. The number of carboxylic acid groups (broad SMARTS) is 1. The van der Waals surface area contributed by atoms with E-state index in [-0.39, 0.29) is 56.3 Å². The van der Waals surface area contributed by atoms with Crippen molar-refractivity contribution in [3.63, 3.8) is 0 Å². The third kappa shape index (κ3) is 2.36. The predicted molar refractivity (Wildman–Crippen MR) is 50.6 cm³/mol. The summed E-state index contributed by atoms with van der Waals surface area (Å²) in [5.74, 6) is -1.14. The van der Waals surface area contributed by atoms with E-state index < -0.39 is 5.97 Å². The number of nitrogen functional groups attached to an aromatic ring is 1. The first-order valence-corrected chi connectivity index (χ1v) is 4.49. The van der Waals surface area contributed by atoms with Gasteiger partial charge in [0.2, 0.25) is 0 Å². The van der Waals surface area contributed by atoms with Gasteiger partial charge in [-0.15, -0.1) is 11.3 Å².